The summed E-state index contributed by atoms with van der Waals surface area (Å²) in [4.78, 5) is 9.08. The Morgan fingerprint density at radius 2 is 1.81 bits per heavy atom. The molecule has 2 aromatic heterocycles. The number of aromatic nitrogens is 4. The van der Waals surface area contributed by atoms with E-state index in [4.69, 9.17) is 11.6 Å². The smallest absolute Gasteiger partial charge is 0.254 e. The normalized spacial score (nSPS) is 11.0. The first-order chi connectivity index (χ1) is 12.6. The van der Waals surface area contributed by atoms with Crippen LogP contribution in [0.2, 0.25) is 5.02 Å². The topological polar surface area (TPSA) is 55.1 Å². The van der Waals surface area contributed by atoms with Gasteiger partial charge in [0.05, 0.1) is 0 Å². The van der Waals surface area contributed by atoms with E-state index in [2.05, 4.69) is 39.4 Å². The molecule has 5 nitrogen and oxygen atoms in total. The molecule has 0 aliphatic rings. The molecule has 0 spiro atoms. The van der Waals surface area contributed by atoms with Crippen LogP contribution in [0.5, 0.6) is 0 Å². The molecule has 26 heavy (non-hydrogen) atoms. The summed E-state index contributed by atoms with van der Waals surface area (Å²) in [6.07, 6.45) is 0.948. The molecule has 6 heteroatoms. The average Bonchev–Trinajstić information content (AvgIpc) is 3.07. The lowest BCUT2D eigenvalue weighted by molar-refractivity contribution is 0.939. The van der Waals surface area contributed by atoms with Crippen molar-refractivity contribution in [2.45, 2.75) is 20.3 Å². The third kappa shape index (κ3) is 3.13. The number of nitrogens with one attached hydrogen (secondary N) is 1. The highest BCUT2D eigenvalue weighted by Crippen LogP contribution is 2.24. The number of hydrogen-bond donors (Lipinski definition) is 1. The van der Waals surface area contributed by atoms with Crippen LogP contribution in [0.25, 0.3) is 17.2 Å². The molecule has 1 N–H and O–H groups in total. The highest BCUT2D eigenvalue weighted by molar-refractivity contribution is 6.30. The summed E-state index contributed by atoms with van der Waals surface area (Å²) >= 11 is 5.97. The minimum absolute atomic E-state index is 0.562. The third-order valence-corrected chi connectivity index (χ3v) is 4.46. The Morgan fingerprint density at radius 3 is 2.58 bits per heavy atom. The molecule has 2 aromatic carbocycles. The van der Waals surface area contributed by atoms with Gasteiger partial charge in [0, 0.05) is 28.0 Å². The van der Waals surface area contributed by atoms with Crippen molar-refractivity contribution in [1.29, 1.82) is 0 Å². The summed E-state index contributed by atoms with van der Waals surface area (Å²) in [5.74, 6) is 2.01. The van der Waals surface area contributed by atoms with Crippen molar-refractivity contribution in [3.63, 3.8) is 0 Å². The second kappa shape index (κ2) is 6.77. The number of nitrogens with zero attached hydrogens (tertiary/aromatic N) is 4. The largest absolute Gasteiger partial charge is 0.340 e. The van der Waals surface area contributed by atoms with Crippen molar-refractivity contribution in [2.24, 2.45) is 0 Å². The lowest BCUT2D eigenvalue weighted by Gasteiger charge is -2.12. The number of hydrogen-bond acceptors (Lipinski definition) is 4. The molecule has 4 rings (SSSR count). The van der Waals surface area contributed by atoms with Crippen LogP contribution in [0.3, 0.4) is 0 Å². The number of halogens is 1. The van der Waals surface area contributed by atoms with E-state index in [-0.39, 0.29) is 0 Å². The summed E-state index contributed by atoms with van der Waals surface area (Å²) in [5, 5.41) is 8.81. The van der Waals surface area contributed by atoms with Crippen molar-refractivity contribution >= 4 is 28.9 Å². The van der Waals surface area contributed by atoms with Crippen LogP contribution in [0.4, 0.5) is 11.5 Å². The zero-order valence-corrected chi connectivity index (χ0v) is 15.3. The molecule has 0 atom stereocenters. The van der Waals surface area contributed by atoms with Crippen LogP contribution < -0.4 is 5.32 Å². The molecule has 0 saturated heterocycles. The number of anilines is 2. The average molecular weight is 364 g/mol. The maximum absolute atomic E-state index is 5.97. The van der Waals surface area contributed by atoms with E-state index >= 15 is 0 Å². The monoisotopic (exact) mass is 363 g/mol. The van der Waals surface area contributed by atoms with Gasteiger partial charge in [0.2, 0.25) is 0 Å². The van der Waals surface area contributed by atoms with Crippen LogP contribution in [-0.2, 0) is 6.42 Å². The van der Waals surface area contributed by atoms with Gasteiger partial charge in [-0.2, -0.15) is 9.50 Å². The quantitative estimate of drug-likeness (QED) is 0.550. The zero-order chi connectivity index (χ0) is 18.1. The lowest BCUT2D eigenvalue weighted by Crippen LogP contribution is -2.04. The highest BCUT2D eigenvalue weighted by Gasteiger charge is 2.12. The molecule has 0 unspecified atom stereocenters. The molecule has 0 aliphatic carbocycles. The van der Waals surface area contributed by atoms with E-state index in [1.54, 1.807) is 4.52 Å². The van der Waals surface area contributed by atoms with Gasteiger partial charge in [-0.3, -0.25) is 0 Å². The van der Waals surface area contributed by atoms with Crippen LogP contribution in [0.1, 0.15) is 18.2 Å². The van der Waals surface area contributed by atoms with Crippen molar-refractivity contribution in [2.75, 3.05) is 5.32 Å². The first-order valence-electron chi connectivity index (χ1n) is 8.49. The number of fused-ring (bicyclic) bond motifs is 1. The number of benzene rings is 2. The van der Waals surface area contributed by atoms with Gasteiger partial charge in [0.15, 0.2) is 5.82 Å². The lowest BCUT2D eigenvalue weighted by atomic mass is 10.1. The first kappa shape index (κ1) is 16.5. The Labute approximate surface area is 156 Å². The van der Waals surface area contributed by atoms with Crippen molar-refractivity contribution in [3.8, 4) is 11.4 Å². The number of aryl methyl sites for hydroxylation is 2. The van der Waals surface area contributed by atoms with Crippen LogP contribution >= 0.6 is 11.6 Å². The maximum Gasteiger partial charge on any atom is 0.254 e. The SMILES string of the molecule is CCc1ccccc1Nc1cc(C)nc2nc(-c3ccc(Cl)cc3)nn12. The fraction of sp³-hybridized carbons (Fsp3) is 0.150. The second-order valence-electron chi connectivity index (χ2n) is 6.07. The van der Waals surface area contributed by atoms with E-state index in [9.17, 15) is 0 Å². The molecule has 0 radical (unpaired) electrons. The molecule has 0 saturated carbocycles. The summed E-state index contributed by atoms with van der Waals surface area (Å²) in [7, 11) is 0. The number of rotatable bonds is 4. The van der Waals surface area contributed by atoms with Gasteiger partial charge in [-0.15, -0.1) is 5.10 Å². The second-order valence-corrected chi connectivity index (χ2v) is 6.51. The molecule has 4 aromatic rings. The fourth-order valence-corrected chi connectivity index (χ4v) is 3.01. The molecule has 0 amide bonds. The molecule has 0 bridgehead atoms. The molecule has 130 valence electrons. The molecular formula is C20H18ClN5. The molecule has 0 fully saturated rings. The van der Waals surface area contributed by atoms with E-state index in [1.807, 2.05) is 49.4 Å². The minimum Gasteiger partial charge on any atom is -0.340 e. The van der Waals surface area contributed by atoms with Gasteiger partial charge in [-0.1, -0.05) is 36.7 Å². The molecular weight excluding hydrogens is 346 g/mol. The summed E-state index contributed by atoms with van der Waals surface area (Å²) in [5.41, 5.74) is 4.08. The summed E-state index contributed by atoms with van der Waals surface area (Å²) < 4.78 is 1.74. The Balaban J connectivity index is 1.80. The van der Waals surface area contributed by atoms with E-state index in [1.165, 1.54) is 5.56 Å². The number of para-hydroxylation sites is 1. The zero-order valence-electron chi connectivity index (χ0n) is 14.6. The maximum atomic E-state index is 5.97. The van der Waals surface area contributed by atoms with Crippen molar-refractivity contribution < 1.29 is 0 Å². The predicted molar refractivity (Wildman–Crippen MR) is 105 cm³/mol. The molecule has 0 aliphatic heterocycles. The van der Waals surface area contributed by atoms with Crippen LogP contribution in [0.15, 0.2) is 54.6 Å². The standard InChI is InChI=1S/C20H18ClN5/c1-3-14-6-4-5-7-17(14)23-18-12-13(2)22-20-24-19(25-26(18)20)15-8-10-16(21)11-9-15/h4-12,23H,3H2,1-2H3. The Bertz CT molecular complexity index is 1070. The van der Waals surface area contributed by atoms with Gasteiger partial charge in [0.25, 0.3) is 5.78 Å². The van der Waals surface area contributed by atoms with E-state index in [0.29, 0.717) is 16.6 Å². The first-order valence-corrected chi connectivity index (χ1v) is 8.87. The fourth-order valence-electron chi connectivity index (χ4n) is 2.89. The third-order valence-electron chi connectivity index (χ3n) is 4.20. The van der Waals surface area contributed by atoms with Gasteiger partial charge < -0.3 is 5.32 Å². The highest BCUT2D eigenvalue weighted by atomic mass is 35.5. The van der Waals surface area contributed by atoms with Crippen LogP contribution in [-0.4, -0.2) is 19.6 Å². The Kier molecular flexibility index (Phi) is 4.31. The van der Waals surface area contributed by atoms with Gasteiger partial charge >= 0.3 is 0 Å². The minimum atomic E-state index is 0.562. The van der Waals surface area contributed by atoms with Gasteiger partial charge in [0.1, 0.15) is 5.82 Å². The predicted octanol–water partition coefficient (Wildman–Crippen LogP) is 5.06. The van der Waals surface area contributed by atoms with E-state index in [0.717, 1.165) is 29.2 Å². The van der Waals surface area contributed by atoms with E-state index < -0.39 is 0 Å². The Morgan fingerprint density at radius 1 is 1.04 bits per heavy atom. The van der Waals surface area contributed by atoms with Gasteiger partial charge in [-0.05, 0) is 49.2 Å². The Hall–Kier alpha value is -2.92. The van der Waals surface area contributed by atoms with Crippen molar-refractivity contribution in [1.82, 2.24) is 19.6 Å². The summed E-state index contributed by atoms with van der Waals surface area (Å²) in [6.45, 7) is 4.09. The molecule has 2 heterocycles. The summed E-state index contributed by atoms with van der Waals surface area (Å²) in [6, 6.07) is 17.7. The van der Waals surface area contributed by atoms with Crippen LogP contribution in [0, 0.1) is 6.92 Å². The van der Waals surface area contributed by atoms with Crippen molar-refractivity contribution in [3.05, 3.63) is 70.9 Å². The van der Waals surface area contributed by atoms with Gasteiger partial charge in [-0.25, -0.2) is 4.98 Å².